The maximum Gasteiger partial charge on any atom is 0.263 e. The fourth-order valence-corrected chi connectivity index (χ4v) is 3.10. The lowest BCUT2D eigenvalue weighted by atomic mass is 9.98. The Hall–Kier alpha value is -3.22. The van der Waals surface area contributed by atoms with Crippen molar-refractivity contribution in [2.45, 2.75) is 47.0 Å². The zero-order chi connectivity index (χ0) is 21.0. The van der Waals surface area contributed by atoms with E-state index in [1.165, 1.54) is 0 Å². The Bertz CT molecular complexity index is 992. The van der Waals surface area contributed by atoms with Crippen molar-refractivity contribution in [1.29, 1.82) is 0 Å². The third-order valence-corrected chi connectivity index (χ3v) is 4.68. The molecular weight excluding hydrogens is 366 g/mol. The molecule has 152 valence electrons. The molecule has 2 heterocycles. The normalized spacial score (nSPS) is 11.9. The highest BCUT2D eigenvalue weighted by Crippen LogP contribution is 2.28. The number of hydrogen-bond donors (Lipinski definition) is 1. The number of carbonyl (C=O) groups is 1. The quantitative estimate of drug-likeness (QED) is 0.653. The Morgan fingerprint density at radius 3 is 2.48 bits per heavy atom. The van der Waals surface area contributed by atoms with E-state index in [1.54, 1.807) is 10.7 Å². The second-order valence-electron chi connectivity index (χ2n) is 7.22. The smallest absolute Gasteiger partial charge is 0.263 e. The van der Waals surface area contributed by atoms with Gasteiger partial charge in [-0.3, -0.25) is 4.79 Å². The van der Waals surface area contributed by atoms with Gasteiger partial charge in [0.2, 0.25) is 0 Å². The van der Waals surface area contributed by atoms with Crippen molar-refractivity contribution < 1.29 is 9.53 Å². The molecule has 0 aliphatic carbocycles. The number of nitrogens with zero attached hydrogens (tertiary/aromatic N) is 4. The first-order valence-corrected chi connectivity index (χ1v) is 9.78. The van der Waals surface area contributed by atoms with Gasteiger partial charge >= 0.3 is 0 Å². The number of anilines is 1. The van der Waals surface area contributed by atoms with Crippen LogP contribution in [-0.2, 0) is 4.79 Å². The number of hydrogen-bond acceptors (Lipinski definition) is 5. The topological polar surface area (TPSA) is 81.9 Å². The molecule has 0 fully saturated rings. The first-order valence-electron chi connectivity index (χ1n) is 9.78. The van der Waals surface area contributed by atoms with Gasteiger partial charge in [0.1, 0.15) is 11.6 Å². The molecule has 2 aromatic heterocycles. The van der Waals surface area contributed by atoms with Gasteiger partial charge in [0.25, 0.3) is 11.9 Å². The van der Waals surface area contributed by atoms with Crippen molar-refractivity contribution in [3.8, 4) is 11.7 Å². The number of para-hydroxylation sites is 1. The summed E-state index contributed by atoms with van der Waals surface area (Å²) in [5, 5.41) is 7.28. The van der Waals surface area contributed by atoms with Crippen LogP contribution in [0.15, 0.2) is 36.4 Å². The van der Waals surface area contributed by atoms with Gasteiger partial charge in [-0.05, 0) is 50.8 Å². The molecule has 0 aliphatic rings. The van der Waals surface area contributed by atoms with Crippen molar-refractivity contribution in [1.82, 2.24) is 19.7 Å². The van der Waals surface area contributed by atoms with Crippen LogP contribution in [0.3, 0.4) is 0 Å². The second-order valence-corrected chi connectivity index (χ2v) is 7.22. The molecule has 1 atom stereocenters. The summed E-state index contributed by atoms with van der Waals surface area (Å²) < 4.78 is 7.35. The predicted octanol–water partition coefficient (Wildman–Crippen LogP) is 4.12. The third kappa shape index (κ3) is 4.99. The second kappa shape index (κ2) is 8.86. The number of benzene rings is 1. The van der Waals surface area contributed by atoms with Gasteiger partial charge in [-0.15, -0.1) is 0 Å². The van der Waals surface area contributed by atoms with Crippen molar-refractivity contribution in [2.24, 2.45) is 0 Å². The average Bonchev–Trinajstić information content (AvgIpc) is 3.05. The zero-order valence-electron chi connectivity index (χ0n) is 17.6. The van der Waals surface area contributed by atoms with Crippen LogP contribution in [-0.4, -0.2) is 32.3 Å². The molecule has 1 N–H and O–H groups in total. The minimum atomic E-state index is -0.269. The molecule has 0 saturated carbocycles. The third-order valence-electron chi connectivity index (χ3n) is 4.68. The van der Waals surface area contributed by atoms with Crippen molar-refractivity contribution >= 4 is 11.7 Å². The number of nitrogens with one attached hydrogen (secondary N) is 1. The van der Waals surface area contributed by atoms with Crippen LogP contribution < -0.4 is 10.1 Å². The maximum absolute atomic E-state index is 12.5. The lowest BCUT2D eigenvalue weighted by Crippen LogP contribution is -2.22. The summed E-state index contributed by atoms with van der Waals surface area (Å²) in [6.45, 7) is 9.84. The number of aryl methyl sites for hydroxylation is 3. The van der Waals surface area contributed by atoms with Gasteiger partial charge in [0.15, 0.2) is 6.61 Å². The van der Waals surface area contributed by atoms with E-state index in [4.69, 9.17) is 4.74 Å². The van der Waals surface area contributed by atoms with E-state index >= 15 is 0 Å². The molecular formula is C22H27N5O2. The van der Waals surface area contributed by atoms with E-state index < -0.39 is 0 Å². The van der Waals surface area contributed by atoms with Gasteiger partial charge < -0.3 is 10.1 Å². The van der Waals surface area contributed by atoms with Gasteiger partial charge in [0, 0.05) is 17.5 Å². The fourth-order valence-electron chi connectivity index (χ4n) is 3.10. The molecule has 7 nitrogen and oxygen atoms in total. The van der Waals surface area contributed by atoms with Gasteiger partial charge in [0.05, 0.1) is 5.69 Å². The van der Waals surface area contributed by atoms with Crippen LogP contribution in [0.2, 0.25) is 0 Å². The molecule has 0 radical (unpaired) electrons. The molecule has 0 bridgehead atoms. The predicted molar refractivity (Wildman–Crippen MR) is 113 cm³/mol. The number of carbonyl (C=O) groups excluding carboxylic acids is 1. The van der Waals surface area contributed by atoms with Crippen LogP contribution in [0.5, 0.6) is 5.75 Å². The molecule has 0 saturated heterocycles. The van der Waals surface area contributed by atoms with Crippen LogP contribution in [0.1, 0.15) is 48.8 Å². The molecule has 1 unspecified atom stereocenters. The van der Waals surface area contributed by atoms with Crippen LogP contribution in [0.4, 0.5) is 5.82 Å². The Morgan fingerprint density at radius 1 is 1.10 bits per heavy atom. The fraction of sp³-hybridized carbons (Fsp3) is 0.364. The molecule has 29 heavy (non-hydrogen) atoms. The van der Waals surface area contributed by atoms with E-state index in [-0.39, 0.29) is 12.5 Å². The van der Waals surface area contributed by atoms with Crippen molar-refractivity contribution in [3.05, 3.63) is 59.0 Å². The number of ether oxygens (including phenoxy) is 1. The van der Waals surface area contributed by atoms with Gasteiger partial charge in [-0.2, -0.15) is 9.78 Å². The molecule has 1 amide bonds. The molecule has 7 heteroatoms. The van der Waals surface area contributed by atoms with E-state index in [0.717, 1.165) is 34.8 Å². The SMILES string of the molecule is CCC(C)c1ccccc1OCC(=O)Nc1cc(C)nn1-c1nc(C)cc(C)n1. The lowest BCUT2D eigenvalue weighted by Gasteiger charge is -2.15. The van der Waals surface area contributed by atoms with Gasteiger partial charge in [-0.25, -0.2) is 9.97 Å². The minimum Gasteiger partial charge on any atom is -0.483 e. The zero-order valence-corrected chi connectivity index (χ0v) is 17.6. The summed E-state index contributed by atoms with van der Waals surface area (Å²) in [6, 6.07) is 11.5. The summed E-state index contributed by atoms with van der Waals surface area (Å²) in [5.74, 6) is 1.76. The molecule has 1 aromatic carbocycles. The lowest BCUT2D eigenvalue weighted by molar-refractivity contribution is -0.118. The van der Waals surface area contributed by atoms with Crippen LogP contribution >= 0.6 is 0 Å². The number of aromatic nitrogens is 4. The Kier molecular flexibility index (Phi) is 6.26. The van der Waals surface area contributed by atoms with E-state index in [1.807, 2.05) is 51.1 Å². The standard InChI is InChI=1S/C22H27N5O2/c1-6-14(2)18-9-7-8-10-19(18)29-13-21(28)25-20-12-17(5)26-27(20)22-23-15(3)11-16(4)24-22/h7-12,14H,6,13H2,1-5H3,(H,25,28). The van der Waals surface area contributed by atoms with Crippen LogP contribution in [0.25, 0.3) is 5.95 Å². The number of rotatable bonds is 7. The minimum absolute atomic E-state index is 0.0919. The Morgan fingerprint density at radius 2 is 1.79 bits per heavy atom. The first kappa shape index (κ1) is 20.5. The number of amides is 1. The molecule has 0 aliphatic heterocycles. The Labute approximate surface area is 171 Å². The van der Waals surface area contributed by atoms with E-state index in [0.29, 0.717) is 17.7 Å². The van der Waals surface area contributed by atoms with Crippen LogP contribution in [0, 0.1) is 20.8 Å². The highest BCUT2D eigenvalue weighted by atomic mass is 16.5. The summed E-state index contributed by atoms with van der Waals surface area (Å²) in [7, 11) is 0. The summed E-state index contributed by atoms with van der Waals surface area (Å²) in [5.41, 5.74) is 3.53. The summed E-state index contributed by atoms with van der Waals surface area (Å²) >= 11 is 0. The first-order chi connectivity index (χ1) is 13.9. The largest absolute Gasteiger partial charge is 0.483 e. The average molecular weight is 393 g/mol. The maximum atomic E-state index is 12.5. The highest BCUT2D eigenvalue weighted by molar-refractivity contribution is 5.91. The molecule has 3 rings (SSSR count). The van der Waals surface area contributed by atoms with Gasteiger partial charge in [-0.1, -0.05) is 32.0 Å². The summed E-state index contributed by atoms with van der Waals surface area (Å²) in [4.78, 5) is 21.4. The highest BCUT2D eigenvalue weighted by Gasteiger charge is 2.15. The molecule has 3 aromatic rings. The van der Waals surface area contributed by atoms with E-state index in [9.17, 15) is 4.79 Å². The Balaban J connectivity index is 1.74. The monoisotopic (exact) mass is 393 g/mol. The summed E-state index contributed by atoms with van der Waals surface area (Å²) in [6.07, 6.45) is 1.00. The molecule has 0 spiro atoms. The van der Waals surface area contributed by atoms with E-state index in [2.05, 4.69) is 34.2 Å². The van der Waals surface area contributed by atoms with Crippen molar-refractivity contribution in [2.75, 3.05) is 11.9 Å². The van der Waals surface area contributed by atoms with Crippen molar-refractivity contribution in [3.63, 3.8) is 0 Å².